The number of hydrogen-bond donors (Lipinski definition) is 0. The van der Waals surface area contributed by atoms with Crippen molar-refractivity contribution in [2.24, 2.45) is 5.92 Å². The third kappa shape index (κ3) is 5.84. The zero-order valence-electron chi connectivity index (χ0n) is 18.3. The van der Waals surface area contributed by atoms with Gasteiger partial charge in [-0.3, -0.25) is 0 Å². The predicted molar refractivity (Wildman–Crippen MR) is 121 cm³/mol. The molecule has 158 valence electrons. The Morgan fingerprint density at radius 3 is 2.31 bits per heavy atom. The highest BCUT2D eigenvalue weighted by molar-refractivity contribution is 5.72. The lowest BCUT2D eigenvalue weighted by atomic mass is 9.76. The van der Waals surface area contributed by atoms with Gasteiger partial charge < -0.3 is 4.74 Å². The Labute approximate surface area is 176 Å². The molecule has 3 rings (SSSR count). The molecule has 0 atom stereocenters. The van der Waals surface area contributed by atoms with Gasteiger partial charge in [0.25, 0.3) is 0 Å². The Bertz CT molecular complexity index is 732. The van der Waals surface area contributed by atoms with Gasteiger partial charge in [0, 0.05) is 11.1 Å². The van der Waals surface area contributed by atoms with Gasteiger partial charge in [-0.25, -0.2) is 4.39 Å². The van der Waals surface area contributed by atoms with Gasteiger partial charge in [-0.1, -0.05) is 76.3 Å². The summed E-state index contributed by atoms with van der Waals surface area (Å²) in [5, 5.41) is 0. The molecule has 1 fully saturated rings. The van der Waals surface area contributed by atoms with Crippen LogP contribution in [0.15, 0.2) is 42.5 Å². The van der Waals surface area contributed by atoms with Gasteiger partial charge in [-0.05, 0) is 61.6 Å². The van der Waals surface area contributed by atoms with E-state index in [0.29, 0.717) is 6.61 Å². The summed E-state index contributed by atoms with van der Waals surface area (Å²) >= 11 is 0. The summed E-state index contributed by atoms with van der Waals surface area (Å²) in [7, 11) is 0. The lowest BCUT2D eigenvalue weighted by Crippen LogP contribution is -2.16. The average Bonchev–Trinajstić information content (AvgIpc) is 2.76. The van der Waals surface area contributed by atoms with Crippen LogP contribution in [0, 0.1) is 11.7 Å². The van der Waals surface area contributed by atoms with Crippen LogP contribution in [0.2, 0.25) is 0 Å². The monoisotopic (exact) mass is 396 g/mol. The summed E-state index contributed by atoms with van der Waals surface area (Å²) in [5.74, 6) is 1.78. The number of benzene rings is 2. The molecule has 1 aliphatic rings. The van der Waals surface area contributed by atoms with Crippen LogP contribution in [0.5, 0.6) is 5.75 Å². The fraction of sp³-hybridized carbons (Fsp3) is 0.556. The number of rotatable bonds is 10. The molecule has 0 N–H and O–H groups in total. The molecule has 0 spiro atoms. The van der Waals surface area contributed by atoms with Gasteiger partial charge in [0.15, 0.2) is 0 Å². The van der Waals surface area contributed by atoms with Crippen LogP contribution >= 0.6 is 0 Å². The highest BCUT2D eigenvalue weighted by Crippen LogP contribution is 2.45. The molecular weight excluding hydrogens is 359 g/mol. The van der Waals surface area contributed by atoms with Gasteiger partial charge >= 0.3 is 0 Å². The van der Waals surface area contributed by atoms with Gasteiger partial charge in [0.1, 0.15) is 11.6 Å². The quantitative estimate of drug-likeness (QED) is 0.366. The molecule has 2 aromatic carbocycles. The molecule has 0 aromatic heterocycles. The Morgan fingerprint density at radius 1 is 0.862 bits per heavy atom. The van der Waals surface area contributed by atoms with Crippen molar-refractivity contribution in [3.8, 4) is 16.9 Å². The third-order valence-electron chi connectivity index (χ3n) is 6.40. The summed E-state index contributed by atoms with van der Waals surface area (Å²) in [5.41, 5.74) is 2.95. The normalized spacial score (nSPS) is 19.3. The standard InChI is InChI=1S/C27H37FO/c1-3-5-6-8-11-21-14-16-23(17-15-21)26-25(28)19-18-24(27(26)29-20-4-2)22-12-9-7-10-13-22/h7,9-10,12-13,18-19,21,23H,3-6,8,11,14-17,20H2,1-2H3. The molecule has 0 amide bonds. The summed E-state index contributed by atoms with van der Waals surface area (Å²) in [6.07, 6.45) is 12.2. The molecule has 0 aliphatic heterocycles. The van der Waals surface area contributed by atoms with Crippen LogP contribution in [0.3, 0.4) is 0 Å². The fourth-order valence-corrected chi connectivity index (χ4v) is 4.76. The van der Waals surface area contributed by atoms with E-state index in [1.165, 1.54) is 44.9 Å². The molecule has 1 aliphatic carbocycles. The second-order valence-corrected chi connectivity index (χ2v) is 8.62. The smallest absolute Gasteiger partial charge is 0.133 e. The molecule has 0 bridgehead atoms. The highest BCUT2D eigenvalue weighted by Gasteiger charge is 2.28. The first-order valence-electron chi connectivity index (χ1n) is 11.7. The molecule has 0 unspecified atom stereocenters. The molecular formula is C27H37FO. The minimum Gasteiger partial charge on any atom is -0.493 e. The average molecular weight is 397 g/mol. The Hall–Kier alpha value is -1.83. The minimum atomic E-state index is -0.0952. The van der Waals surface area contributed by atoms with Crippen molar-refractivity contribution in [2.45, 2.75) is 84.0 Å². The van der Waals surface area contributed by atoms with Crippen molar-refractivity contribution in [2.75, 3.05) is 6.61 Å². The van der Waals surface area contributed by atoms with E-state index in [0.717, 1.165) is 47.6 Å². The number of unbranched alkanes of at least 4 members (excludes halogenated alkanes) is 3. The van der Waals surface area contributed by atoms with E-state index in [1.807, 2.05) is 24.3 Å². The molecule has 1 saturated carbocycles. The Kier molecular flexibility index (Phi) is 8.58. The Balaban J connectivity index is 1.78. The molecule has 0 saturated heterocycles. The first kappa shape index (κ1) is 21.9. The van der Waals surface area contributed by atoms with Gasteiger partial charge in [0.2, 0.25) is 0 Å². The maximum atomic E-state index is 15.1. The maximum Gasteiger partial charge on any atom is 0.133 e. The molecule has 1 nitrogen and oxygen atoms in total. The number of ether oxygens (including phenoxy) is 1. The van der Waals surface area contributed by atoms with E-state index in [1.54, 1.807) is 6.07 Å². The number of hydrogen-bond acceptors (Lipinski definition) is 1. The number of halogens is 1. The van der Waals surface area contributed by atoms with E-state index < -0.39 is 0 Å². The van der Waals surface area contributed by atoms with Gasteiger partial charge in [0.05, 0.1) is 6.61 Å². The molecule has 0 radical (unpaired) electrons. The molecule has 29 heavy (non-hydrogen) atoms. The zero-order chi connectivity index (χ0) is 20.5. The first-order chi connectivity index (χ1) is 14.2. The fourth-order valence-electron chi connectivity index (χ4n) is 4.76. The van der Waals surface area contributed by atoms with E-state index in [-0.39, 0.29) is 11.7 Å². The largest absolute Gasteiger partial charge is 0.493 e. The maximum absolute atomic E-state index is 15.1. The summed E-state index contributed by atoms with van der Waals surface area (Å²) in [6, 6.07) is 13.8. The lowest BCUT2D eigenvalue weighted by Gasteiger charge is -2.31. The van der Waals surface area contributed by atoms with Crippen molar-refractivity contribution >= 4 is 0 Å². The first-order valence-corrected chi connectivity index (χ1v) is 11.7. The second kappa shape index (κ2) is 11.4. The van der Waals surface area contributed by atoms with Crippen LogP contribution in [-0.4, -0.2) is 6.61 Å². The van der Waals surface area contributed by atoms with E-state index >= 15 is 4.39 Å². The van der Waals surface area contributed by atoms with E-state index in [4.69, 9.17) is 4.74 Å². The SMILES string of the molecule is CCCCCCC1CCC(c2c(F)ccc(-c3ccccc3)c2OCCC)CC1. The molecule has 2 aromatic rings. The minimum absolute atomic E-state index is 0.0952. The van der Waals surface area contributed by atoms with Gasteiger partial charge in [-0.2, -0.15) is 0 Å². The third-order valence-corrected chi connectivity index (χ3v) is 6.40. The van der Waals surface area contributed by atoms with E-state index in [2.05, 4.69) is 26.0 Å². The van der Waals surface area contributed by atoms with Crippen molar-refractivity contribution in [1.29, 1.82) is 0 Å². The summed E-state index contributed by atoms with van der Waals surface area (Å²) in [4.78, 5) is 0. The summed E-state index contributed by atoms with van der Waals surface area (Å²) < 4.78 is 21.2. The topological polar surface area (TPSA) is 9.23 Å². The van der Waals surface area contributed by atoms with Crippen LogP contribution in [0.1, 0.15) is 89.5 Å². The van der Waals surface area contributed by atoms with E-state index in [9.17, 15) is 0 Å². The molecule has 0 heterocycles. The molecule has 2 heteroatoms. The van der Waals surface area contributed by atoms with Gasteiger partial charge in [-0.15, -0.1) is 0 Å². The van der Waals surface area contributed by atoms with Crippen molar-refractivity contribution < 1.29 is 9.13 Å². The predicted octanol–water partition coefficient (Wildman–Crippen LogP) is 8.53. The van der Waals surface area contributed by atoms with Crippen molar-refractivity contribution in [3.05, 3.63) is 53.8 Å². The van der Waals surface area contributed by atoms with Crippen LogP contribution in [0.4, 0.5) is 4.39 Å². The van der Waals surface area contributed by atoms with Crippen LogP contribution in [-0.2, 0) is 0 Å². The van der Waals surface area contributed by atoms with Crippen molar-refractivity contribution in [1.82, 2.24) is 0 Å². The Morgan fingerprint density at radius 2 is 1.62 bits per heavy atom. The van der Waals surface area contributed by atoms with Crippen LogP contribution in [0.25, 0.3) is 11.1 Å². The second-order valence-electron chi connectivity index (χ2n) is 8.62. The van der Waals surface area contributed by atoms with Crippen LogP contribution < -0.4 is 4.74 Å². The zero-order valence-corrected chi connectivity index (χ0v) is 18.3. The highest BCUT2D eigenvalue weighted by atomic mass is 19.1. The summed E-state index contributed by atoms with van der Waals surface area (Å²) in [6.45, 7) is 5.00. The lowest BCUT2D eigenvalue weighted by molar-refractivity contribution is 0.280. The van der Waals surface area contributed by atoms with Crippen molar-refractivity contribution in [3.63, 3.8) is 0 Å².